The van der Waals surface area contributed by atoms with Gasteiger partial charge in [-0.05, 0) is 34.1 Å². The summed E-state index contributed by atoms with van der Waals surface area (Å²) in [5, 5.41) is 11.1. The molecule has 0 bridgehead atoms. The molecule has 0 rings (SSSR count). The van der Waals surface area contributed by atoms with Gasteiger partial charge in [-0.3, -0.25) is 4.79 Å². The number of aliphatic carboxylic acids is 1. The van der Waals surface area contributed by atoms with E-state index in [-0.39, 0.29) is 13.0 Å². The van der Waals surface area contributed by atoms with E-state index in [9.17, 15) is 14.0 Å². The Balaban J connectivity index is 3.98. The molecule has 2 N–H and O–H groups in total. The Hall–Kier alpha value is -1.33. The number of carboxylic acid groups (broad SMARTS) is 1. The number of carboxylic acids is 1. The van der Waals surface area contributed by atoms with Gasteiger partial charge in [0.25, 0.3) is 0 Å². The molecule has 0 aliphatic heterocycles. The van der Waals surface area contributed by atoms with Gasteiger partial charge in [-0.1, -0.05) is 0 Å². The minimum Gasteiger partial charge on any atom is -0.481 e. The maximum atomic E-state index is 12.9. The van der Waals surface area contributed by atoms with Crippen molar-refractivity contribution in [2.45, 2.75) is 45.9 Å². The van der Waals surface area contributed by atoms with E-state index in [1.165, 1.54) is 6.92 Å². The Morgan fingerprint density at radius 1 is 1.41 bits per heavy atom. The van der Waals surface area contributed by atoms with Crippen LogP contribution >= 0.6 is 0 Å². The fraction of sp³-hybridized carbons (Fsp3) is 0.818. The smallest absolute Gasteiger partial charge is 0.407 e. The number of carbonyl (C=O) groups excluding carboxylic acids is 1. The zero-order valence-electron chi connectivity index (χ0n) is 10.6. The van der Waals surface area contributed by atoms with E-state index in [4.69, 9.17) is 9.84 Å². The van der Waals surface area contributed by atoms with Crippen molar-refractivity contribution in [1.82, 2.24) is 5.32 Å². The van der Waals surface area contributed by atoms with Crippen molar-refractivity contribution in [1.29, 1.82) is 0 Å². The predicted octanol–water partition coefficient (Wildman–Crippen LogP) is 1.96. The summed E-state index contributed by atoms with van der Waals surface area (Å²) in [5.74, 6) is -2.31. The van der Waals surface area contributed by atoms with Crippen molar-refractivity contribution in [3.63, 3.8) is 0 Å². The van der Waals surface area contributed by atoms with Crippen LogP contribution in [0, 0.1) is 5.92 Å². The van der Waals surface area contributed by atoms with E-state index in [0.717, 1.165) is 0 Å². The zero-order valence-corrected chi connectivity index (χ0v) is 10.6. The molecule has 0 heterocycles. The first-order valence-corrected chi connectivity index (χ1v) is 5.47. The van der Waals surface area contributed by atoms with Crippen LogP contribution in [0.15, 0.2) is 0 Å². The molecule has 2 atom stereocenters. The Kier molecular flexibility index (Phi) is 5.91. The third-order valence-corrected chi connectivity index (χ3v) is 2.00. The maximum absolute atomic E-state index is 12.9. The minimum absolute atomic E-state index is 0.0340. The van der Waals surface area contributed by atoms with Crippen molar-refractivity contribution >= 4 is 12.1 Å². The molecule has 0 aliphatic carbocycles. The van der Waals surface area contributed by atoms with Gasteiger partial charge >= 0.3 is 12.1 Å². The molecule has 17 heavy (non-hydrogen) atoms. The number of nitrogens with one attached hydrogen (secondary N) is 1. The third kappa shape index (κ3) is 7.54. The lowest BCUT2D eigenvalue weighted by molar-refractivity contribution is -0.144. The third-order valence-electron chi connectivity index (χ3n) is 2.00. The van der Waals surface area contributed by atoms with Gasteiger partial charge in [0.15, 0.2) is 0 Å². The van der Waals surface area contributed by atoms with Crippen molar-refractivity contribution in [3.8, 4) is 0 Å². The maximum Gasteiger partial charge on any atom is 0.407 e. The standard InChI is InChI=1S/C11H20FNO4/c1-7(12)8(9(14)15)5-6-13-10(16)17-11(2,3)4/h7-8H,5-6H2,1-4H3,(H,13,16)(H,14,15). The summed E-state index contributed by atoms with van der Waals surface area (Å²) in [6.07, 6.45) is -2.05. The van der Waals surface area contributed by atoms with E-state index < -0.39 is 29.8 Å². The molecule has 2 unspecified atom stereocenters. The fourth-order valence-corrected chi connectivity index (χ4v) is 1.19. The molecule has 0 radical (unpaired) electrons. The quantitative estimate of drug-likeness (QED) is 0.781. The average molecular weight is 249 g/mol. The van der Waals surface area contributed by atoms with Crippen LogP contribution in [0.25, 0.3) is 0 Å². The number of hydrogen-bond donors (Lipinski definition) is 2. The number of carbonyl (C=O) groups is 2. The fourth-order valence-electron chi connectivity index (χ4n) is 1.19. The second kappa shape index (κ2) is 6.42. The Morgan fingerprint density at radius 2 is 1.94 bits per heavy atom. The Morgan fingerprint density at radius 3 is 2.29 bits per heavy atom. The van der Waals surface area contributed by atoms with E-state index in [1.807, 2.05) is 0 Å². The number of amides is 1. The first kappa shape index (κ1) is 15.7. The lowest BCUT2D eigenvalue weighted by Crippen LogP contribution is -2.35. The van der Waals surface area contributed by atoms with Crippen LogP contribution < -0.4 is 5.32 Å². The highest BCUT2D eigenvalue weighted by atomic mass is 19.1. The van der Waals surface area contributed by atoms with E-state index in [1.54, 1.807) is 20.8 Å². The van der Waals surface area contributed by atoms with Crippen LogP contribution in [0.2, 0.25) is 0 Å². The highest BCUT2D eigenvalue weighted by Gasteiger charge is 2.24. The first-order valence-electron chi connectivity index (χ1n) is 5.47. The summed E-state index contributed by atoms with van der Waals surface area (Å²) in [5.41, 5.74) is -0.607. The van der Waals surface area contributed by atoms with Gasteiger partial charge in [0, 0.05) is 6.54 Å². The molecular formula is C11H20FNO4. The molecule has 0 saturated heterocycles. The van der Waals surface area contributed by atoms with Gasteiger partial charge in [-0.15, -0.1) is 0 Å². The number of alkyl halides is 1. The molecule has 0 aliphatic rings. The van der Waals surface area contributed by atoms with Crippen molar-refractivity contribution in [3.05, 3.63) is 0 Å². The van der Waals surface area contributed by atoms with Crippen LogP contribution in [0.5, 0.6) is 0 Å². The van der Waals surface area contributed by atoms with Gasteiger partial charge in [-0.2, -0.15) is 0 Å². The number of rotatable bonds is 5. The molecule has 0 aromatic carbocycles. The molecule has 0 fully saturated rings. The highest BCUT2D eigenvalue weighted by Crippen LogP contribution is 2.12. The Labute approximate surface area is 100 Å². The van der Waals surface area contributed by atoms with Crippen LogP contribution in [-0.4, -0.2) is 35.5 Å². The topological polar surface area (TPSA) is 75.6 Å². The van der Waals surface area contributed by atoms with Gasteiger partial charge in [0.05, 0.1) is 5.92 Å². The number of ether oxygens (including phenoxy) is 1. The van der Waals surface area contributed by atoms with Gasteiger partial charge in [0.1, 0.15) is 11.8 Å². The highest BCUT2D eigenvalue weighted by molar-refractivity contribution is 5.71. The van der Waals surface area contributed by atoms with Crippen molar-refractivity contribution < 1.29 is 23.8 Å². The predicted molar refractivity (Wildman–Crippen MR) is 60.5 cm³/mol. The summed E-state index contributed by atoms with van der Waals surface area (Å²) in [6, 6.07) is 0. The molecule has 5 nitrogen and oxygen atoms in total. The Bertz CT molecular complexity index is 273. The molecule has 0 aromatic heterocycles. The minimum atomic E-state index is -1.45. The van der Waals surface area contributed by atoms with Crippen LogP contribution in [0.1, 0.15) is 34.1 Å². The second-order valence-corrected chi connectivity index (χ2v) is 4.84. The molecule has 0 spiro atoms. The monoisotopic (exact) mass is 249 g/mol. The first-order chi connectivity index (χ1) is 7.63. The summed E-state index contributed by atoms with van der Waals surface area (Å²) in [4.78, 5) is 21.9. The summed E-state index contributed by atoms with van der Waals surface area (Å²) < 4.78 is 17.8. The number of hydrogen-bond acceptors (Lipinski definition) is 3. The largest absolute Gasteiger partial charge is 0.481 e. The number of halogens is 1. The van der Waals surface area contributed by atoms with E-state index >= 15 is 0 Å². The SMILES string of the molecule is CC(F)C(CCNC(=O)OC(C)(C)C)C(=O)O. The molecular weight excluding hydrogens is 229 g/mol. The normalized spacial score (nSPS) is 14.9. The molecule has 1 amide bonds. The number of alkyl carbamates (subject to hydrolysis) is 1. The lowest BCUT2D eigenvalue weighted by Gasteiger charge is -2.20. The average Bonchev–Trinajstić information content (AvgIpc) is 2.07. The zero-order chi connectivity index (χ0) is 13.6. The van der Waals surface area contributed by atoms with Gasteiger partial charge in [-0.25, -0.2) is 9.18 Å². The summed E-state index contributed by atoms with van der Waals surface area (Å²) >= 11 is 0. The summed E-state index contributed by atoms with van der Waals surface area (Å²) in [6.45, 7) is 6.41. The van der Waals surface area contributed by atoms with Crippen molar-refractivity contribution in [2.24, 2.45) is 5.92 Å². The van der Waals surface area contributed by atoms with Gasteiger partial charge in [0.2, 0.25) is 0 Å². The molecule has 100 valence electrons. The van der Waals surface area contributed by atoms with Crippen LogP contribution in [0.4, 0.5) is 9.18 Å². The van der Waals surface area contributed by atoms with E-state index in [2.05, 4.69) is 5.32 Å². The molecule has 0 saturated carbocycles. The molecule has 0 aromatic rings. The van der Waals surface area contributed by atoms with E-state index in [0.29, 0.717) is 0 Å². The van der Waals surface area contributed by atoms with Crippen LogP contribution in [-0.2, 0) is 9.53 Å². The van der Waals surface area contributed by atoms with Gasteiger partial charge < -0.3 is 15.2 Å². The van der Waals surface area contributed by atoms with Crippen molar-refractivity contribution in [2.75, 3.05) is 6.54 Å². The summed E-state index contributed by atoms with van der Waals surface area (Å²) in [7, 11) is 0. The van der Waals surface area contributed by atoms with Crippen LogP contribution in [0.3, 0.4) is 0 Å². The lowest BCUT2D eigenvalue weighted by atomic mass is 10.0. The second-order valence-electron chi connectivity index (χ2n) is 4.84. The molecule has 6 heteroatoms.